The average Bonchev–Trinajstić information content (AvgIpc) is 2.58. The highest BCUT2D eigenvalue weighted by Gasteiger charge is 2.48. The fourth-order valence-electron chi connectivity index (χ4n) is 2.03. The second-order valence-corrected chi connectivity index (χ2v) is 3.98. The molecule has 0 radical (unpaired) electrons. The molecular formula is C11H11F2N3O2. The van der Waals surface area contributed by atoms with Crippen LogP contribution in [0.25, 0.3) is 0 Å². The molecule has 3 amide bonds. The van der Waals surface area contributed by atoms with Gasteiger partial charge in [0.1, 0.15) is 11.6 Å². The van der Waals surface area contributed by atoms with Crippen molar-refractivity contribution >= 4 is 11.9 Å². The molecule has 0 spiro atoms. The number of urea groups is 1. The van der Waals surface area contributed by atoms with E-state index in [2.05, 4.69) is 5.32 Å². The summed E-state index contributed by atoms with van der Waals surface area (Å²) in [5, 5.41) is 4.32. The van der Waals surface area contributed by atoms with E-state index in [-0.39, 0.29) is 18.5 Å². The van der Waals surface area contributed by atoms with Crippen LogP contribution >= 0.6 is 0 Å². The summed E-state index contributed by atoms with van der Waals surface area (Å²) in [5.41, 5.74) is 3.51. The van der Waals surface area contributed by atoms with E-state index in [1.165, 1.54) is 0 Å². The Hall–Kier alpha value is -2.02. The fourth-order valence-corrected chi connectivity index (χ4v) is 2.03. The topological polar surface area (TPSA) is 84.2 Å². The van der Waals surface area contributed by atoms with Crippen LogP contribution in [0.3, 0.4) is 0 Å². The normalized spacial score (nSPS) is 22.8. The Kier molecular flexibility index (Phi) is 3.00. The number of halogens is 2. The molecule has 1 heterocycles. The minimum absolute atomic E-state index is 0.0229. The maximum absolute atomic E-state index is 13.8. The maximum atomic E-state index is 13.8. The van der Waals surface area contributed by atoms with Gasteiger partial charge in [0.2, 0.25) is 0 Å². The first kappa shape index (κ1) is 12.4. The molecule has 2 rings (SSSR count). The zero-order valence-corrected chi connectivity index (χ0v) is 9.30. The zero-order chi connectivity index (χ0) is 13.3. The number of benzene rings is 1. The van der Waals surface area contributed by atoms with Gasteiger partial charge in [-0.3, -0.25) is 10.1 Å². The van der Waals surface area contributed by atoms with Crippen LogP contribution in [0.15, 0.2) is 18.2 Å². The molecule has 0 aromatic heterocycles. The lowest BCUT2D eigenvalue weighted by molar-refractivity contribution is -0.124. The number of amides is 3. The van der Waals surface area contributed by atoms with Gasteiger partial charge in [-0.25, -0.2) is 13.6 Å². The van der Waals surface area contributed by atoms with Gasteiger partial charge in [0, 0.05) is 5.56 Å². The van der Waals surface area contributed by atoms with Crippen molar-refractivity contribution in [2.75, 3.05) is 6.54 Å². The van der Waals surface area contributed by atoms with Crippen molar-refractivity contribution in [2.24, 2.45) is 5.73 Å². The van der Waals surface area contributed by atoms with Gasteiger partial charge < -0.3 is 11.1 Å². The first-order valence-corrected chi connectivity index (χ1v) is 5.29. The number of carbonyl (C=O) groups excluding carboxylic acids is 2. The van der Waals surface area contributed by atoms with Crippen molar-refractivity contribution in [3.8, 4) is 0 Å². The smallest absolute Gasteiger partial charge is 0.322 e. The second kappa shape index (κ2) is 4.34. The lowest BCUT2D eigenvalue weighted by Gasteiger charge is -2.26. The van der Waals surface area contributed by atoms with Gasteiger partial charge in [-0.2, -0.15) is 0 Å². The lowest BCUT2D eigenvalue weighted by Crippen LogP contribution is -2.46. The van der Waals surface area contributed by atoms with Crippen molar-refractivity contribution in [3.05, 3.63) is 35.4 Å². The Bertz CT molecular complexity index is 521. The highest BCUT2D eigenvalue weighted by Crippen LogP contribution is 2.30. The highest BCUT2D eigenvalue weighted by atomic mass is 19.1. The van der Waals surface area contributed by atoms with E-state index >= 15 is 0 Å². The molecule has 0 bridgehead atoms. The van der Waals surface area contributed by atoms with Gasteiger partial charge in [-0.15, -0.1) is 0 Å². The third kappa shape index (κ3) is 1.82. The summed E-state index contributed by atoms with van der Waals surface area (Å²) >= 11 is 0. The number of imide groups is 1. The molecular weight excluding hydrogens is 244 g/mol. The minimum Gasteiger partial charge on any atom is -0.330 e. The van der Waals surface area contributed by atoms with E-state index in [0.29, 0.717) is 0 Å². The predicted octanol–water partition coefficient (Wildman–Crippen LogP) is 0.348. The molecule has 96 valence electrons. The van der Waals surface area contributed by atoms with Gasteiger partial charge in [-0.05, 0) is 31.2 Å². The third-order valence-electron chi connectivity index (χ3n) is 2.85. The first-order chi connectivity index (χ1) is 8.49. The molecule has 5 nitrogen and oxygen atoms in total. The molecule has 18 heavy (non-hydrogen) atoms. The number of nitrogens with two attached hydrogens (primary N) is 1. The van der Waals surface area contributed by atoms with Crippen molar-refractivity contribution in [1.29, 1.82) is 0 Å². The Labute approximate surface area is 101 Å². The molecule has 7 heteroatoms. The van der Waals surface area contributed by atoms with Crippen molar-refractivity contribution in [2.45, 2.75) is 12.0 Å². The summed E-state index contributed by atoms with van der Waals surface area (Å²) in [6.45, 7) is 0.0314. The average molecular weight is 255 g/mol. The molecule has 1 saturated heterocycles. The summed E-state index contributed by atoms with van der Waals surface area (Å²) in [6, 6.07) is 1.97. The molecule has 1 unspecified atom stereocenters. The third-order valence-corrected chi connectivity index (χ3v) is 2.85. The quantitative estimate of drug-likeness (QED) is 0.681. The van der Waals surface area contributed by atoms with Crippen LogP contribution in [0.4, 0.5) is 13.6 Å². The van der Waals surface area contributed by atoms with Crippen LogP contribution in [0, 0.1) is 11.6 Å². The van der Waals surface area contributed by atoms with Crippen LogP contribution in [-0.4, -0.2) is 18.5 Å². The van der Waals surface area contributed by atoms with Gasteiger partial charge in [0.15, 0.2) is 5.54 Å². The Morgan fingerprint density at radius 3 is 2.56 bits per heavy atom. The van der Waals surface area contributed by atoms with Crippen LogP contribution in [-0.2, 0) is 10.3 Å². The van der Waals surface area contributed by atoms with E-state index in [1.807, 2.05) is 5.32 Å². The Balaban J connectivity index is 2.57. The maximum Gasteiger partial charge on any atom is 0.322 e. The summed E-state index contributed by atoms with van der Waals surface area (Å²) in [7, 11) is 0. The van der Waals surface area contributed by atoms with Crippen molar-refractivity contribution in [1.82, 2.24) is 10.6 Å². The molecule has 0 saturated carbocycles. The highest BCUT2D eigenvalue weighted by molar-refractivity contribution is 6.07. The summed E-state index contributed by atoms with van der Waals surface area (Å²) < 4.78 is 26.9. The number of rotatable bonds is 3. The van der Waals surface area contributed by atoms with E-state index in [0.717, 1.165) is 18.2 Å². The summed E-state index contributed by atoms with van der Waals surface area (Å²) in [4.78, 5) is 23.0. The fraction of sp³-hybridized carbons (Fsp3) is 0.273. The number of carbonyl (C=O) groups is 2. The molecule has 1 aliphatic rings. The van der Waals surface area contributed by atoms with E-state index in [4.69, 9.17) is 5.73 Å². The van der Waals surface area contributed by atoms with E-state index < -0.39 is 29.1 Å². The predicted molar refractivity (Wildman–Crippen MR) is 58.4 cm³/mol. The summed E-state index contributed by atoms with van der Waals surface area (Å²) in [6.07, 6.45) is -0.0229. The number of hydrogen-bond donors (Lipinski definition) is 3. The van der Waals surface area contributed by atoms with Gasteiger partial charge >= 0.3 is 6.03 Å². The lowest BCUT2D eigenvalue weighted by atomic mass is 9.86. The van der Waals surface area contributed by atoms with Crippen LogP contribution in [0.2, 0.25) is 0 Å². The van der Waals surface area contributed by atoms with Crippen LogP contribution in [0.1, 0.15) is 12.0 Å². The van der Waals surface area contributed by atoms with Gasteiger partial charge in [0.05, 0.1) is 0 Å². The summed E-state index contributed by atoms with van der Waals surface area (Å²) in [5.74, 6) is -2.21. The largest absolute Gasteiger partial charge is 0.330 e. The monoisotopic (exact) mass is 255 g/mol. The molecule has 4 N–H and O–H groups in total. The second-order valence-electron chi connectivity index (χ2n) is 3.98. The molecule has 1 atom stereocenters. The SMILES string of the molecule is NCCC1(c2cc(F)ccc2F)NC(=O)NC1=O. The molecule has 0 aliphatic carbocycles. The number of hydrogen-bond acceptors (Lipinski definition) is 3. The number of nitrogens with one attached hydrogen (secondary N) is 2. The van der Waals surface area contributed by atoms with Crippen molar-refractivity contribution in [3.63, 3.8) is 0 Å². The van der Waals surface area contributed by atoms with Gasteiger partial charge in [0.25, 0.3) is 5.91 Å². The van der Waals surface area contributed by atoms with Gasteiger partial charge in [-0.1, -0.05) is 0 Å². The van der Waals surface area contributed by atoms with Crippen LogP contribution in [0.5, 0.6) is 0 Å². The first-order valence-electron chi connectivity index (χ1n) is 5.29. The molecule has 1 aromatic rings. The standard InChI is InChI=1S/C11H11F2N3O2/c12-6-1-2-8(13)7(5-6)11(3-4-14)9(17)15-10(18)16-11/h1-2,5H,3-4,14H2,(H2,15,16,17,18). The van der Waals surface area contributed by atoms with Crippen LogP contribution < -0.4 is 16.4 Å². The van der Waals surface area contributed by atoms with E-state index in [9.17, 15) is 18.4 Å². The van der Waals surface area contributed by atoms with Crippen molar-refractivity contribution < 1.29 is 18.4 Å². The minimum atomic E-state index is -1.64. The zero-order valence-electron chi connectivity index (χ0n) is 9.30. The molecule has 1 aliphatic heterocycles. The Morgan fingerprint density at radius 2 is 2.00 bits per heavy atom. The van der Waals surface area contributed by atoms with E-state index in [1.54, 1.807) is 0 Å². The molecule has 1 aromatic carbocycles. The Morgan fingerprint density at radius 1 is 1.28 bits per heavy atom. The molecule has 1 fully saturated rings.